The molecule has 6 nitrogen and oxygen atoms in total. The minimum atomic E-state index is 0. The van der Waals surface area contributed by atoms with E-state index < -0.39 is 0 Å². The molecule has 3 heterocycles. The number of hydrogen-bond acceptors (Lipinski definition) is 5. The number of aromatic nitrogens is 2. The Balaban J connectivity index is 0.00000136. The van der Waals surface area contributed by atoms with Crippen molar-refractivity contribution in [1.82, 2.24) is 19.2 Å². The molecule has 5 rings (SSSR count). The van der Waals surface area contributed by atoms with Crippen molar-refractivity contribution in [3.8, 4) is 0 Å². The number of rotatable bonds is 4. The maximum absolute atomic E-state index is 13.1. The lowest BCUT2D eigenvalue weighted by atomic mass is 9.94. The van der Waals surface area contributed by atoms with E-state index in [0.29, 0.717) is 6.04 Å². The number of benzene rings is 1. The monoisotopic (exact) mass is 484 g/mol. The minimum Gasteiger partial charge on any atom is -0.379 e. The van der Waals surface area contributed by atoms with Gasteiger partial charge >= 0.3 is 0 Å². The van der Waals surface area contributed by atoms with Gasteiger partial charge in [-0.2, -0.15) is 0 Å². The first kappa shape index (κ1) is 24.3. The van der Waals surface area contributed by atoms with Crippen LogP contribution in [0.25, 0.3) is 16.0 Å². The van der Waals surface area contributed by atoms with Crippen molar-refractivity contribution in [2.75, 3.05) is 33.4 Å². The number of ether oxygens (including phenoxy) is 1. The largest absolute Gasteiger partial charge is 0.379 e. The third-order valence-corrected chi connectivity index (χ3v) is 7.30. The molecule has 170 valence electrons. The number of halogens is 2. The molecule has 1 saturated carbocycles. The molecule has 2 fully saturated rings. The van der Waals surface area contributed by atoms with Crippen molar-refractivity contribution < 1.29 is 9.53 Å². The molecule has 0 radical (unpaired) electrons. The summed E-state index contributed by atoms with van der Waals surface area (Å²) < 4.78 is 7.54. The summed E-state index contributed by atoms with van der Waals surface area (Å²) in [4.78, 5) is 23.9. The Bertz CT molecular complexity index is 1030. The van der Waals surface area contributed by atoms with E-state index in [-0.39, 0.29) is 30.7 Å². The Morgan fingerprint density at radius 1 is 1.19 bits per heavy atom. The molecule has 2 aromatic heterocycles. The first-order chi connectivity index (χ1) is 14.2. The summed E-state index contributed by atoms with van der Waals surface area (Å²) in [5, 5.41) is 0. The molecule has 1 aromatic carbocycles. The summed E-state index contributed by atoms with van der Waals surface area (Å²) in [6.45, 7) is 4.50. The smallest absolute Gasteiger partial charge is 0.265 e. The van der Waals surface area contributed by atoms with Gasteiger partial charge in [-0.1, -0.05) is 36.7 Å². The van der Waals surface area contributed by atoms with E-state index in [4.69, 9.17) is 9.72 Å². The Labute approximate surface area is 199 Å². The highest BCUT2D eigenvalue weighted by molar-refractivity contribution is 7.18. The number of hydrogen-bond donors (Lipinski definition) is 0. The quantitative estimate of drug-likeness (QED) is 0.541. The molecule has 0 atom stereocenters. The topological polar surface area (TPSA) is 50.1 Å². The van der Waals surface area contributed by atoms with Gasteiger partial charge in [0, 0.05) is 38.9 Å². The van der Waals surface area contributed by atoms with Crippen LogP contribution < -0.4 is 0 Å². The van der Waals surface area contributed by atoms with Crippen LogP contribution in [0.1, 0.15) is 47.3 Å². The van der Waals surface area contributed by atoms with Crippen LogP contribution in [0.4, 0.5) is 0 Å². The summed E-state index contributed by atoms with van der Waals surface area (Å²) >= 11 is 1.50. The van der Waals surface area contributed by atoms with Gasteiger partial charge in [-0.3, -0.25) is 14.1 Å². The fraction of sp³-hybridized carbons (Fsp3) is 0.545. The Hall–Kier alpha value is -1.38. The molecular formula is C22H30Cl2N4O2S. The zero-order valence-electron chi connectivity index (χ0n) is 17.8. The maximum Gasteiger partial charge on any atom is 0.265 e. The number of imidazole rings is 1. The summed E-state index contributed by atoms with van der Waals surface area (Å²) in [5.74, 6) is 0.130. The van der Waals surface area contributed by atoms with Crippen molar-refractivity contribution in [1.29, 1.82) is 0 Å². The van der Waals surface area contributed by atoms with Crippen molar-refractivity contribution in [2.24, 2.45) is 0 Å². The molecular weight excluding hydrogens is 455 g/mol. The van der Waals surface area contributed by atoms with E-state index in [1.54, 1.807) is 0 Å². The van der Waals surface area contributed by atoms with Crippen LogP contribution in [0.2, 0.25) is 0 Å². The van der Waals surface area contributed by atoms with Gasteiger partial charge in [0.1, 0.15) is 4.88 Å². The first-order valence-electron chi connectivity index (χ1n) is 10.7. The molecule has 1 aliphatic heterocycles. The third-order valence-electron chi connectivity index (χ3n) is 6.33. The second-order valence-electron chi connectivity index (χ2n) is 8.28. The molecule has 0 spiro atoms. The van der Waals surface area contributed by atoms with Gasteiger partial charge in [0.15, 0.2) is 4.96 Å². The molecule has 31 heavy (non-hydrogen) atoms. The van der Waals surface area contributed by atoms with Gasteiger partial charge in [-0.05, 0) is 30.5 Å². The average Bonchev–Trinajstić information content (AvgIpc) is 3.32. The first-order valence-corrected chi connectivity index (χ1v) is 11.5. The van der Waals surface area contributed by atoms with Crippen molar-refractivity contribution >= 4 is 58.1 Å². The third kappa shape index (κ3) is 5.01. The predicted molar refractivity (Wildman–Crippen MR) is 130 cm³/mol. The van der Waals surface area contributed by atoms with Gasteiger partial charge in [0.05, 0.1) is 24.2 Å². The van der Waals surface area contributed by atoms with Crippen LogP contribution in [0.15, 0.2) is 24.4 Å². The van der Waals surface area contributed by atoms with Gasteiger partial charge in [0.25, 0.3) is 5.91 Å². The van der Waals surface area contributed by atoms with Gasteiger partial charge in [-0.25, -0.2) is 4.98 Å². The van der Waals surface area contributed by atoms with Crippen LogP contribution >= 0.6 is 36.2 Å². The molecule has 0 N–H and O–H groups in total. The SMILES string of the molecule is CN(C(=O)c1cn2c(nc3ccc(CN4CCOCC4)cc32)s1)C1CCCCC1.Cl.Cl. The minimum absolute atomic E-state index is 0. The number of carbonyl (C=O) groups is 1. The second-order valence-corrected chi connectivity index (χ2v) is 9.29. The zero-order valence-corrected chi connectivity index (χ0v) is 20.2. The number of carbonyl (C=O) groups excluding carboxylic acids is 1. The fourth-order valence-electron chi connectivity index (χ4n) is 4.58. The van der Waals surface area contributed by atoms with Crippen molar-refractivity contribution in [2.45, 2.75) is 44.7 Å². The Morgan fingerprint density at radius 3 is 2.68 bits per heavy atom. The highest BCUT2D eigenvalue weighted by atomic mass is 35.5. The van der Waals surface area contributed by atoms with E-state index >= 15 is 0 Å². The lowest BCUT2D eigenvalue weighted by Gasteiger charge is -2.30. The number of nitrogens with zero attached hydrogens (tertiary/aromatic N) is 4. The summed E-state index contributed by atoms with van der Waals surface area (Å²) in [6, 6.07) is 6.86. The second kappa shape index (κ2) is 10.5. The lowest BCUT2D eigenvalue weighted by Crippen LogP contribution is -2.37. The standard InChI is InChI=1S/C22H28N4O2S.2ClH/c1-24(17-5-3-2-4-6-17)21(27)20-15-26-19-13-16(14-25-9-11-28-12-10-25)7-8-18(19)23-22(26)29-20;;/h7-8,13,15,17H,2-6,9-12,14H2,1H3;2*1H. The zero-order chi connectivity index (χ0) is 19.8. The number of amides is 1. The van der Waals surface area contributed by atoms with Crippen LogP contribution in [0.3, 0.4) is 0 Å². The molecule has 2 aliphatic rings. The van der Waals surface area contributed by atoms with E-state index in [1.165, 1.54) is 36.2 Å². The highest BCUT2D eigenvalue weighted by Gasteiger charge is 2.25. The van der Waals surface area contributed by atoms with Crippen LogP contribution in [-0.2, 0) is 11.3 Å². The number of fused-ring (bicyclic) bond motifs is 3. The molecule has 0 unspecified atom stereocenters. The summed E-state index contributed by atoms with van der Waals surface area (Å²) in [6.07, 6.45) is 7.98. The van der Waals surface area contributed by atoms with Crippen LogP contribution in [0, 0.1) is 0 Å². The van der Waals surface area contributed by atoms with Crippen molar-refractivity contribution in [3.05, 3.63) is 34.8 Å². The summed E-state index contributed by atoms with van der Waals surface area (Å²) in [5.41, 5.74) is 3.35. The number of morpholine rings is 1. The van der Waals surface area contributed by atoms with Crippen LogP contribution in [-0.4, -0.2) is 64.5 Å². The van der Waals surface area contributed by atoms with Gasteiger partial charge in [-0.15, -0.1) is 24.8 Å². The summed E-state index contributed by atoms with van der Waals surface area (Å²) in [7, 11) is 1.96. The average molecular weight is 485 g/mol. The van der Waals surface area contributed by atoms with E-state index in [1.807, 2.05) is 18.1 Å². The maximum atomic E-state index is 13.1. The molecule has 1 saturated heterocycles. The normalized spacial score (nSPS) is 18.0. The molecule has 1 amide bonds. The van der Waals surface area contributed by atoms with Gasteiger partial charge in [0.2, 0.25) is 0 Å². The van der Waals surface area contributed by atoms with Crippen molar-refractivity contribution in [3.63, 3.8) is 0 Å². The van der Waals surface area contributed by atoms with E-state index in [9.17, 15) is 4.79 Å². The van der Waals surface area contributed by atoms with E-state index in [2.05, 4.69) is 27.5 Å². The Kier molecular flexibility index (Phi) is 8.21. The molecule has 3 aromatic rings. The Morgan fingerprint density at radius 2 is 1.94 bits per heavy atom. The van der Waals surface area contributed by atoms with E-state index in [0.717, 1.165) is 66.6 Å². The predicted octanol–water partition coefficient (Wildman–Crippen LogP) is 4.63. The fourth-order valence-corrected chi connectivity index (χ4v) is 5.56. The highest BCUT2D eigenvalue weighted by Crippen LogP contribution is 2.28. The molecule has 9 heteroatoms. The lowest BCUT2D eigenvalue weighted by molar-refractivity contribution is 0.0342. The number of thiazole rings is 1. The molecule has 1 aliphatic carbocycles. The van der Waals surface area contributed by atoms with Crippen LogP contribution in [0.5, 0.6) is 0 Å². The van der Waals surface area contributed by atoms with Gasteiger partial charge < -0.3 is 9.64 Å². The molecule has 0 bridgehead atoms.